The van der Waals surface area contributed by atoms with Gasteiger partial charge in [0, 0.05) is 19.2 Å². The topological polar surface area (TPSA) is 124 Å². The van der Waals surface area contributed by atoms with E-state index in [9.17, 15) is 18.8 Å². The number of aromatic nitrogens is 2. The Bertz CT molecular complexity index is 1110. The number of amides is 1. The predicted octanol–water partition coefficient (Wildman–Crippen LogP) is 4.91. The van der Waals surface area contributed by atoms with Gasteiger partial charge in [0.15, 0.2) is 29.1 Å². The van der Waals surface area contributed by atoms with Crippen molar-refractivity contribution < 1.29 is 18.3 Å². The summed E-state index contributed by atoms with van der Waals surface area (Å²) in [5.41, 5.74) is -0.450. The second-order valence-electron chi connectivity index (χ2n) is 9.55. The van der Waals surface area contributed by atoms with E-state index in [2.05, 4.69) is 31.2 Å². The van der Waals surface area contributed by atoms with Crippen LogP contribution in [0.4, 0.5) is 36.7 Å². The molecule has 0 unspecified atom stereocenters. The van der Waals surface area contributed by atoms with Crippen molar-refractivity contribution in [2.75, 3.05) is 23.0 Å². The molecule has 1 saturated carbocycles. The van der Waals surface area contributed by atoms with E-state index in [1.165, 1.54) is 12.3 Å². The summed E-state index contributed by atoms with van der Waals surface area (Å²) in [6, 6.07) is 3.44. The zero-order valence-electron chi connectivity index (χ0n) is 20.5. The lowest BCUT2D eigenvalue weighted by Gasteiger charge is -2.38. The summed E-state index contributed by atoms with van der Waals surface area (Å²) in [4.78, 5) is 20.5. The molecule has 2 heterocycles. The van der Waals surface area contributed by atoms with Gasteiger partial charge >= 0.3 is 6.09 Å². The normalized spacial score (nSPS) is 15.3. The number of anilines is 4. The summed E-state index contributed by atoms with van der Waals surface area (Å²) < 4.78 is 34.4. The van der Waals surface area contributed by atoms with E-state index in [0.717, 1.165) is 25.3 Å². The second-order valence-corrected chi connectivity index (χ2v) is 9.55. The van der Waals surface area contributed by atoms with Crippen LogP contribution < -0.4 is 21.3 Å². The van der Waals surface area contributed by atoms with Gasteiger partial charge in [-0.3, -0.25) is 0 Å². The number of nitriles is 1. The van der Waals surface area contributed by atoms with Gasteiger partial charge in [-0.2, -0.15) is 5.26 Å². The number of nitrogens with one attached hydrogen (secondary N) is 4. The van der Waals surface area contributed by atoms with E-state index >= 15 is 0 Å². The Morgan fingerprint density at radius 3 is 2.43 bits per heavy atom. The molecule has 1 aliphatic rings. The van der Waals surface area contributed by atoms with Crippen molar-refractivity contribution in [3.63, 3.8) is 0 Å². The number of rotatable bonds is 8. The third kappa shape index (κ3) is 6.68. The molecule has 0 saturated heterocycles. The average Bonchev–Trinajstić information content (AvgIpc) is 2.72. The fourth-order valence-corrected chi connectivity index (χ4v) is 3.79. The molecule has 11 heteroatoms. The van der Waals surface area contributed by atoms with Gasteiger partial charge in [0.05, 0.1) is 23.5 Å². The van der Waals surface area contributed by atoms with Crippen LogP contribution in [0, 0.1) is 28.9 Å². The SMILES string of the molecule is CNc1ncc(Nc2nc(N[C@H](C3CCC3)[C@H](C)NC(=O)OC(C)(C)C)c(F)cc2C#N)cc1F. The standard InChI is InChI=1S/C24H31F2N7O2/c1-13(30-23(34)35-24(2,3)4)19(14-7-6-8-14)32-22-17(25)9-15(11-27)20(33-22)31-16-10-18(26)21(28-5)29-12-16/h9-10,12-14,19H,6-8H2,1-5H3,(H,28,29)(H,30,34)(H2,31,32,33)/t13-,19-/m0/s1. The summed E-state index contributed by atoms with van der Waals surface area (Å²) in [6.45, 7) is 7.14. The van der Waals surface area contributed by atoms with Crippen molar-refractivity contribution in [2.24, 2.45) is 5.92 Å². The Morgan fingerprint density at radius 2 is 1.89 bits per heavy atom. The highest BCUT2D eigenvalue weighted by atomic mass is 19.1. The minimum Gasteiger partial charge on any atom is -0.444 e. The first-order chi connectivity index (χ1) is 16.5. The molecular formula is C24H31F2N7O2. The molecule has 4 N–H and O–H groups in total. The van der Waals surface area contributed by atoms with Gasteiger partial charge in [-0.05, 0) is 52.5 Å². The number of pyridine rings is 2. The van der Waals surface area contributed by atoms with Crippen molar-refractivity contribution in [3.05, 3.63) is 35.5 Å². The highest BCUT2D eigenvalue weighted by Gasteiger charge is 2.34. The molecule has 1 fully saturated rings. The van der Waals surface area contributed by atoms with Crippen molar-refractivity contribution in [1.29, 1.82) is 5.26 Å². The molecule has 0 bridgehead atoms. The monoisotopic (exact) mass is 487 g/mol. The molecule has 2 aromatic rings. The maximum Gasteiger partial charge on any atom is 0.407 e. The zero-order chi connectivity index (χ0) is 25.8. The van der Waals surface area contributed by atoms with Gasteiger partial charge in [0.2, 0.25) is 0 Å². The number of hydrogen-bond acceptors (Lipinski definition) is 8. The maximum atomic E-state index is 14.9. The first-order valence-electron chi connectivity index (χ1n) is 11.5. The van der Waals surface area contributed by atoms with Crippen molar-refractivity contribution in [2.45, 2.75) is 64.6 Å². The molecule has 2 aromatic heterocycles. The summed E-state index contributed by atoms with van der Waals surface area (Å²) in [6.07, 6.45) is 3.69. The smallest absolute Gasteiger partial charge is 0.407 e. The highest BCUT2D eigenvalue weighted by Crippen LogP contribution is 2.34. The molecule has 0 aliphatic heterocycles. The van der Waals surface area contributed by atoms with Crippen LogP contribution in [0.15, 0.2) is 18.3 Å². The van der Waals surface area contributed by atoms with Crippen molar-refractivity contribution in [1.82, 2.24) is 15.3 Å². The molecule has 0 aromatic carbocycles. The lowest BCUT2D eigenvalue weighted by atomic mass is 9.77. The van der Waals surface area contributed by atoms with Crippen LogP contribution in [0.1, 0.15) is 52.5 Å². The Labute approximate surface area is 203 Å². The molecule has 3 rings (SSSR count). The predicted molar refractivity (Wildman–Crippen MR) is 130 cm³/mol. The van der Waals surface area contributed by atoms with Gasteiger partial charge in [0.1, 0.15) is 11.7 Å². The van der Waals surface area contributed by atoms with E-state index in [0.29, 0.717) is 0 Å². The number of alkyl carbamates (subject to hydrolysis) is 1. The number of ether oxygens (including phenoxy) is 1. The zero-order valence-corrected chi connectivity index (χ0v) is 20.5. The Balaban J connectivity index is 1.84. The van der Waals surface area contributed by atoms with Crippen LogP contribution in [-0.2, 0) is 4.74 Å². The van der Waals surface area contributed by atoms with Gasteiger partial charge in [-0.25, -0.2) is 23.5 Å². The summed E-state index contributed by atoms with van der Waals surface area (Å²) in [5.74, 6) is -1.07. The number of nitrogens with zero attached hydrogens (tertiary/aromatic N) is 3. The Morgan fingerprint density at radius 1 is 1.20 bits per heavy atom. The van der Waals surface area contributed by atoms with Crippen LogP contribution in [0.5, 0.6) is 0 Å². The average molecular weight is 488 g/mol. The molecule has 9 nitrogen and oxygen atoms in total. The van der Waals surface area contributed by atoms with E-state index in [-0.39, 0.29) is 40.7 Å². The number of halogens is 2. The van der Waals surface area contributed by atoms with E-state index in [1.807, 2.05) is 13.0 Å². The van der Waals surface area contributed by atoms with Crippen LogP contribution in [0.2, 0.25) is 0 Å². The number of carbonyl (C=O) groups is 1. The molecule has 2 atom stereocenters. The Hall–Kier alpha value is -3.68. The van der Waals surface area contributed by atoms with Crippen LogP contribution >= 0.6 is 0 Å². The summed E-state index contributed by atoms with van der Waals surface area (Å²) >= 11 is 0. The van der Waals surface area contributed by atoms with E-state index in [4.69, 9.17) is 4.74 Å². The second kappa shape index (κ2) is 10.7. The van der Waals surface area contributed by atoms with Crippen molar-refractivity contribution in [3.8, 4) is 6.07 Å². The van der Waals surface area contributed by atoms with Gasteiger partial charge in [-0.15, -0.1) is 0 Å². The molecule has 0 spiro atoms. The summed E-state index contributed by atoms with van der Waals surface area (Å²) in [7, 11) is 1.54. The number of hydrogen-bond donors (Lipinski definition) is 4. The van der Waals surface area contributed by atoms with Crippen LogP contribution in [0.3, 0.4) is 0 Å². The van der Waals surface area contributed by atoms with E-state index in [1.54, 1.807) is 27.8 Å². The highest BCUT2D eigenvalue weighted by molar-refractivity contribution is 5.68. The molecule has 1 aliphatic carbocycles. The molecular weight excluding hydrogens is 456 g/mol. The third-order valence-corrected chi connectivity index (χ3v) is 5.68. The lowest BCUT2D eigenvalue weighted by Crippen LogP contribution is -2.51. The first kappa shape index (κ1) is 25.9. The van der Waals surface area contributed by atoms with Crippen LogP contribution in [-0.4, -0.2) is 40.8 Å². The lowest BCUT2D eigenvalue weighted by molar-refractivity contribution is 0.0492. The van der Waals surface area contributed by atoms with Crippen LogP contribution in [0.25, 0.3) is 0 Å². The van der Waals surface area contributed by atoms with E-state index < -0.39 is 29.4 Å². The quantitative estimate of drug-likeness (QED) is 0.414. The molecule has 188 valence electrons. The van der Waals surface area contributed by atoms with Crippen molar-refractivity contribution >= 4 is 29.2 Å². The Kier molecular flexibility index (Phi) is 7.94. The fourth-order valence-electron chi connectivity index (χ4n) is 3.79. The molecule has 1 amide bonds. The third-order valence-electron chi connectivity index (χ3n) is 5.68. The van der Waals surface area contributed by atoms with Gasteiger partial charge in [-0.1, -0.05) is 6.42 Å². The first-order valence-corrected chi connectivity index (χ1v) is 11.5. The largest absolute Gasteiger partial charge is 0.444 e. The maximum absolute atomic E-state index is 14.9. The molecule has 35 heavy (non-hydrogen) atoms. The van der Waals surface area contributed by atoms with Gasteiger partial charge < -0.3 is 26.0 Å². The molecule has 0 radical (unpaired) electrons. The number of carbonyl (C=O) groups excluding carboxylic acids is 1. The minimum absolute atomic E-state index is 0.0497. The summed E-state index contributed by atoms with van der Waals surface area (Å²) in [5, 5.41) is 20.9. The minimum atomic E-state index is -0.712. The fraction of sp³-hybridized carbons (Fsp3) is 0.500. The van der Waals surface area contributed by atoms with Gasteiger partial charge in [0.25, 0.3) is 0 Å².